The van der Waals surface area contributed by atoms with Gasteiger partial charge in [0, 0.05) is 38.4 Å². The summed E-state index contributed by atoms with van der Waals surface area (Å²) in [5, 5.41) is 2.27. The van der Waals surface area contributed by atoms with Crippen LogP contribution in [-0.4, -0.2) is 9.97 Å². The summed E-state index contributed by atoms with van der Waals surface area (Å²) in [6.45, 7) is 4.61. The van der Waals surface area contributed by atoms with Crippen LogP contribution >= 0.6 is 0 Å². The van der Waals surface area contributed by atoms with E-state index < -0.39 is 0 Å². The fourth-order valence-electron chi connectivity index (χ4n) is 7.13. The maximum absolute atomic E-state index is 6.72. The lowest BCUT2D eigenvalue weighted by Gasteiger charge is -2.21. The first kappa shape index (κ1) is 26.6. The molecule has 9 rings (SSSR count). The Hall–Kier alpha value is -5.80. The van der Waals surface area contributed by atoms with Gasteiger partial charge in [-0.3, -0.25) is 0 Å². The first-order valence-electron chi connectivity index (χ1n) is 15.7. The molecule has 218 valence electrons. The Balaban J connectivity index is 1.19. The second kappa shape index (κ2) is 10.1. The molecule has 46 heavy (non-hydrogen) atoms. The van der Waals surface area contributed by atoms with Gasteiger partial charge in [-0.25, -0.2) is 9.97 Å². The van der Waals surface area contributed by atoms with Crippen LogP contribution in [0, 0.1) is 0 Å². The van der Waals surface area contributed by atoms with Gasteiger partial charge in [0.05, 0.1) is 11.4 Å². The third-order valence-electron chi connectivity index (χ3n) is 9.50. The van der Waals surface area contributed by atoms with Crippen LogP contribution in [0.1, 0.15) is 25.0 Å². The average molecular weight is 591 g/mol. The van der Waals surface area contributed by atoms with Gasteiger partial charge >= 0.3 is 0 Å². The van der Waals surface area contributed by atoms with Gasteiger partial charge in [-0.05, 0) is 52.1 Å². The number of benzene rings is 6. The maximum Gasteiger partial charge on any atom is 0.160 e. The first-order valence-corrected chi connectivity index (χ1v) is 15.7. The minimum atomic E-state index is -0.0802. The van der Waals surface area contributed by atoms with Crippen molar-refractivity contribution in [1.82, 2.24) is 9.97 Å². The first-order chi connectivity index (χ1) is 22.5. The Morgan fingerprint density at radius 1 is 0.457 bits per heavy atom. The van der Waals surface area contributed by atoms with Crippen LogP contribution in [0.5, 0.6) is 0 Å². The van der Waals surface area contributed by atoms with E-state index in [4.69, 9.17) is 14.4 Å². The lowest BCUT2D eigenvalue weighted by Crippen LogP contribution is -2.14. The molecule has 1 aliphatic carbocycles. The quantitative estimate of drug-likeness (QED) is 0.205. The Morgan fingerprint density at radius 3 is 1.80 bits per heavy atom. The number of hydrogen-bond acceptors (Lipinski definition) is 3. The van der Waals surface area contributed by atoms with Crippen molar-refractivity contribution in [1.29, 1.82) is 0 Å². The summed E-state index contributed by atoms with van der Waals surface area (Å²) in [7, 11) is 0. The van der Waals surface area contributed by atoms with E-state index >= 15 is 0 Å². The van der Waals surface area contributed by atoms with Gasteiger partial charge in [0.15, 0.2) is 5.82 Å². The predicted molar refractivity (Wildman–Crippen MR) is 189 cm³/mol. The molecule has 0 spiro atoms. The van der Waals surface area contributed by atoms with Crippen molar-refractivity contribution >= 4 is 21.9 Å². The fraction of sp³-hybridized carbons (Fsp3) is 0.0698. The lowest BCUT2D eigenvalue weighted by atomic mass is 9.82. The molecule has 0 radical (unpaired) electrons. The van der Waals surface area contributed by atoms with Gasteiger partial charge in [-0.15, -0.1) is 0 Å². The molecule has 0 amide bonds. The van der Waals surface area contributed by atoms with Crippen LogP contribution in [0.3, 0.4) is 0 Å². The zero-order valence-electron chi connectivity index (χ0n) is 25.7. The number of aromatic nitrogens is 2. The van der Waals surface area contributed by atoms with E-state index in [9.17, 15) is 0 Å². The van der Waals surface area contributed by atoms with Crippen molar-refractivity contribution in [3.63, 3.8) is 0 Å². The second-order valence-electron chi connectivity index (χ2n) is 12.6. The zero-order chi connectivity index (χ0) is 30.8. The predicted octanol–water partition coefficient (Wildman–Crippen LogP) is 11.4. The molecule has 2 heterocycles. The third kappa shape index (κ3) is 4.13. The van der Waals surface area contributed by atoms with Gasteiger partial charge < -0.3 is 4.42 Å². The molecular formula is C43H30N2O. The summed E-state index contributed by atoms with van der Waals surface area (Å²) >= 11 is 0. The van der Waals surface area contributed by atoms with E-state index in [1.165, 1.54) is 22.3 Å². The monoisotopic (exact) mass is 590 g/mol. The van der Waals surface area contributed by atoms with Crippen LogP contribution in [0.2, 0.25) is 0 Å². The molecule has 0 saturated heterocycles. The summed E-state index contributed by atoms with van der Waals surface area (Å²) in [6, 6.07) is 51.0. The normalized spacial score (nSPS) is 13.2. The Kier molecular flexibility index (Phi) is 5.85. The maximum atomic E-state index is 6.72. The minimum Gasteiger partial charge on any atom is -0.455 e. The third-order valence-corrected chi connectivity index (χ3v) is 9.50. The highest BCUT2D eigenvalue weighted by Gasteiger charge is 2.36. The standard InChI is InChI=1S/C43H30N2O/c1-43(2)36-22-10-9-19-32(36)34-24-35-33-21-12-20-31(41(33)46-40(35)25-37(34)43)29-17-11-18-30(23-29)42-44-38(27-13-5-3-6-14-27)26-39(45-42)28-15-7-4-8-16-28/h3-26H,1-2H3. The van der Waals surface area contributed by atoms with Crippen molar-refractivity contribution in [3.8, 4) is 56.2 Å². The van der Waals surface area contributed by atoms with Crippen LogP contribution < -0.4 is 0 Å². The second-order valence-corrected chi connectivity index (χ2v) is 12.6. The van der Waals surface area contributed by atoms with E-state index in [-0.39, 0.29) is 5.41 Å². The fourth-order valence-corrected chi connectivity index (χ4v) is 7.13. The van der Waals surface area contributed by atoms with Gasteiger partial charge in [-0.2, -0.15) is 0 Å². The van der Waals surface area contributed by atoms with E-state index in [2.05, 4.69) is 123 Å². The molecule has 0 bridgehead atoms. The summed E-state index contributed by atoms with van der Waals surface area (Å²) in [6.07, 6.45) is 0. The van der Waals surface area contributed by atoms with Gasteiger partial charge in [0.1, 0.15) is 11.2 Å². The summed E-state index contributed by atoms with van der Waals surface area (Å²) < 4.78 is 6.72. The SMILES string of the molecule is CC1(C)c2ccccc2-c2cc3c(cc21)oc1c(-c2cccc(-c4nc(-c5ccccc5)cc(-c5ccccc5)n4)c2)cccc13. The van der Waals surface area contributed by atoms with Crippen molar-refractivity contribution < 1.29 is 4.42 Å². The van der Waals surface area contributed by atoms with Crippen molar-refractivity contribution in [2.24, 2.45) is 0 Å². The molecule has 0 N–H and O–H groups in total. The summed E-state index contributed by atoms with van der Waals surface area (Å²) in [4.78, 5) is 10.1. The Labute approximate surface area is 267 Å². The molecule has 0 fully saturated rings. The van der Waals surface area contributed by atoms with Crippen LogP contribution in [0.25, 0.3) is 78.1 Å². The molecule has 3 nitrogen and oxygen atoms in total. The number of para-hydroxylation sites is 1. The van der Waals surface area contributed by atoms with Crippen LogP contribution in [0.15, 0.2) is 150 Å². The molecule has 0 saturated carbocycles. The highest BCUT2D eigenvalue weighted by Crippen LogP contribution is 2.51. The molecular weight excluding hydrogens is 560 g/mol. The van der Waals surface area contributed by atoms with E-state index in [0.717, 1.165) is 61.1 Å². The van der Waals surface area contributed by atoms with Gasteiger partial charge in [0.2, 0.25) is 0 Å². The summed E-state index contributed by atoms with van der Waals surface area (Å²) in [5.41, 5.74) is 14.0. The van der Waals surface area contributed by atoms with Crippen LogP contribution in [0.4, 0.5) is 0 Å². The Morgan fingerprint density at radius 2 is 1.07 bits per heavy atom. The molecule has 2 aromatic heterocycles. The lowest BCUT2D eigenvalue weighted by molar-refractivity contribution is 0.648. The van der Waals surface area contributed by atoms with Crippen molar-refractivity contribution in [2.75, 3.05) is 0 Å². The average Bonchev–Trinajstić information content (AvgIpc) is 3.59. The zero-order valence-corrected chi connectivity index (χ0v) is 25.7. The summed E-state index contributed by atoms with van der Waals surface area (Å²) in [5.74, 6) is 0.691. The number of furan rings is 1. The van der Waals surface area contributed by atoms with Gasteiger partial charge in [0.25, 0.3) is 0 Å². The van der Waals surface area contributed by atoms with Gasteiger partial charge in [-0.1, -0.05) is 135 Å². The smallest absolute Gasteiger partial charge is 0.160 e. The molecule has 6 aromatic carbocycles. The molecule has 1 aliphatic rings. The molecule has 0 aliphatic heterocycles. The van der Waals surface area contributed by atoms with Crippen LogP contribution in [-0.2, 0) is 5.41 Å². The molecule has 8 aromatic rings. The number of rotatable bonds is 4. The molecule has 3 heteroatoms. The van der Waals surface area contributed by atoms with E-state index in [1.807, 2.05) is 36.4 Å². The highest BCUT2D eigenvalue weighted by molar-refractivity contribution is 6.11. The molecule has 0 atom stereocenters. The number of fused-ring (bicyclic) bond motifs is 6. The number of nitrogens with zero attached hydrogens (tertiary/aromatic N) is 2. The highest BCUT2D eigenvalue weighted by atomic mass is 16.3. The topological polar surface area (TPSA) is 38.9 Å². The molecule has 0 unspecified atom stereocenters. The van der Waals surface area contributed by atoms with Crippen molar-refractivity contribution in [3.05, 3.63) is 157 Å². The van der Waals surface area contributed by atoms with E-state index in [0.29, 0.717) is 5.82 Å². The van der Waals surface area contributed by atoms with Crippen molar-refractivity contribution in [2.45, 2.75) is 19.3 Å². The minimum absolute atomic E-state index is 0.0802. The Bertz CT molecular complexity index is 2380. The van der Waals surface area contributed by atoms with E-state index in [1.54, 1.807) is 0 Å². The number of hydrogen-bond donors (Lipinski definition) is 0. The largest absolute Gasteiger partial charge is 0.455 e.